The summed E-state index contributed by atoms with van der Waals surface area (Å²) in [5.41, 5.74) is 4.64. The second-order valence-electron chi connectivity index (χ2n) is 5.66. The molecule has 0 spiro atoms. The Labute approximate surface area is 129 Å². The van der Waals surface area contributed by atoms with Crippen molar-refractivity contribution in [2.75, 3.05) is 39.8 Å². The van der Waals surface area contributed by atoms with Gasteiger partial charge >= 0.3 is 0 Å². The third-order valence-corrected chi connectivity index (χ3v) is 3.98. The Bertz CT molecular complexity index is 670. The molecule has 0 bridgehead atoms. The van der Waals surface area contributed by atoms with Gasteiger partial charge in [-0.3, -0.25) is 9.69 Å². The molecule has 6 heteroatoms. The summed E-state index contributed by atoms with van der Waals surface area (Å²) in [6.45, 7) is 4.27. The number of H-pyrrole nitrogens is 1. The lowest BCUT2D eigenvalue weighted by Gasteiger charge is -2.31. The summed E-state index contributed by atoms with van der Waals surface area (Å²) in [6, 6.07) is 8.01. The number of hydrazone groups is 1. The van der Waals surface area contributed by atoms with Gasteiger partial charge in [0, 0.05) is 48.8 Å². The molecule has 1 aromatic heterocycles. The zero-order valence-corrected chi connectivity index (χ0v) is 12.7. The van der Waals surface area contributed by atoms with E-state index < -0.39 is 0 Å². The summed E-state index contributed by atoms with van der Waals surface area (Å²) in [5, 5.41) is 5.16. The van der Waals surface area contributed by atoms with Crippen molar-refractivity contribution >= 4 is 23.0 Å². The number of para-hydroxylation sites is 1. The predicted molar refractivity (Wildman–Crippen MR) is 88.0 cm³/mol. The Hall–Kier alpha value is -2.18. The van der Waals surface area contributed by atoms with Crippen molar-refractivity contribution in [1.82, 2.24) is 20.2 Å². The van der Waals surface area contributed by atoms with E-state index in [4.69, 9.17) is 0 Å². The van der Waals surface area contributed by atoms with Crippen LogP contribution in [0.3, 0.4) is 0 Å². The second kappa shape index (κ2) is 6.72. The maximum absolute atomic E-state index is 11.9. The lowest BCUT2D eigenvalue weighted by molar-refractivity contribution is -0.122. The molecule has 0 atom stereocenters. The minimum atomic E-state index is -0.0688. The molecule has 1 aromatic carbocycles. The molecular formula is C16H21N5O. The maximum Gasteiger partial charge on any atom is 0.254 e. The molecule has 1 aliphatic heterocycles. The number of amides is 1. The van der Waals surface area contributed by atoms with Crippen molar-refractivity contribution < 1.29 is 4.79 Å². The van der Waals surface area contributed by atoms with Crippen molar-refractivity contribution in [2.24, 2.45) is 5.10 Å². The van der Waals surface area contributed by atoms with E-state index in [1.54, 1.807) is 6.21 Å². The summed E-state index contributed by atoms with van der Waals surface area (Å²) < 4.78 is 0. The van der Waals surface area contributed by atoms with Crippen molar-refractivity contribution in [2.45, 2.75) is 0 Å². The number of hydrogen-bond acceptors (Lipinski definition) is 4. The molecule has 22 heavy (non-hydrogen) atoms. The monoisotopic (exact) mass is 299 g/mol. The van der Waals surface area contributed by atoms with Gasteiger partial charge in [0.05, 0.1) is 12.8 Å². The Kier molecular flexibility index (Phi) is 4.50. The average Bonchev–Trinajstić information content (AvgIpc) is 2.93. The maximum atomic E-state index is 11.9. The third kappa shape index (κ3) is 3.52. The van der Waals surface area contributed by atoms with Crippen molar-refractivity contribution in [3.05, 3.63) is 36.0 Å². The zero-order chi connectivity index (χ0) is 15.4. The zero-order valence-electron chi connectivity index (χ0n) is 12.7. The summed E-state index contributed by atoms with van der Waals surface area (Å²) in [5.74, 6) is -0.0688. The van der Waals surface area contributed by atoms with Crippen LogP contribution in [0.1, 0.15) is 5.56 Å². The Balaban J connectivity index is 1.52. The lowest BCUT2D eigenvalue weighted by Crippen LogP contribution is -2.47. The van der Waals surface area contributed by atoms with Gasteiger partial charge in [-0.2, -0.15) is 5.10 Å². The first-order valence-electron chi connectivity index (χ1n) is 7.51. The Morgan fingerprint density at radius 1 is 1.32 bits per heavy atom. The Morgan fingerprint density at radius 2 is 2.09 bits per heavy atom. The van der Waals surface area contributed by atoms with Crippen LogP contribution in [0.2, 0.25) is 0 Å². The third-order valence-electron chi connectivity index (χ3n) is 3.98. The normalized spacial score (nSPS) is 17.3. The van der Waals surface area contributed by atoms with Gasteiger partial charge in [0.2, 0.25) is 0 Å². The second-order valence-corrected chi connectivity index (χ2v) is 5.66. The van der Waals surface area contributed by atoms with Gasteiger partial charge in [-0.15, -0.1) is 0 Å². The number of piperazine rings is 1. The number of nitrogens with one attached hydrogen (secondary N) is 2. The smallest absolute Gasteiger partial charge is 0.254 e. The first-order valence-corrected chi connectivity index (χ1v) is 7.51. The fraction of sp³-hybridized carbons (Fsp3) is 0.375. The summed E-state index contributed by atoms with van der Waals surface area (Å²) in [6.07, 6.45) is 3.57. The molecule has 0 unspecified atom stereocenters. The molecular weight excluding hydrogens is 278 g/mol. The number of aromatic amines is 1. The number of likely N-dealkylation sites (N-methyl/N-ethyl adjacent to an activating group) is 1. The molecule has 1 aliphatic rings. The first-order chi connectivity index (χ1) is 10.7. The number of rotatable bonds is 4. The standard InChI is InChI=1S/C16H21N5O/c1-20-6-8-21(9-7-20)12-16(22)19-18-11-13-10-17-15-5-3-2-4-14(13)15/h2-5,10-11,17H,6-9,12H2,1H3,(H,19,22)/b18-11+. The molecule has 1 amide bonds. The highest BCUT2D eigenvalue weighted by Crippen LogP contribution is 2.15. The van der Waals surface area contributed by atoms with E-state index >= 15 is 0 Å². The van der Waals surface area contributed by atoms with E-state index in [0.717, 1.165) is 42.6 Å². The van der Waals surface area contributed by atoms with Crippen molar-refractivity contribution in [3.8, 4) is 0 Å². The number of nitrogens with zero attached hydrogens (tertiary/aromatic N) is 3. The number of carbonyl (C=O) groups is 1. The van der Waals surface area contributed by atoms with Crippen LogP contribution in [0, 0.1) is 0 Å². The van der Waals surface area contributed by atoms with Crippen LogP contribution >= 0.6 is 0 Å². The van der Waals surface area contributed by atoms with Crippen LogP contribution in [-0.4, -0.2) is 66.7 Å². The summed E-state index contributed by atoms with van der Waals surface area (Å²) >= 11 is 0. The lowest BCUT2D eigenvalue weighted by atomic mass is 10.2. The van der Waals surface area contributed by atoms with Crippen molar-refractivity contribution in [3.63, 3.8) is 0 Å². The molecule has 2 heterocycles. The summed E-state index contributed by atoms with van der Waals surface area (Å²) in [7, 11) is 2.10. The molecule has 2 N–H and O–H groups in total. The molecule has 2 aromatic rings. The van der Waals surface area contributed by atoms with Crippen LogP contribution < -0.4 is 5.43 Å². The quantitative estimate of drug-likeness (QED) is 0.650. The molecule has 0 aliphatic carbocycles. The first kappa shape index (κ1) is 14.7. The van der Waals surface area contributed by atoms with Gasteiger partial charge < -0.3 is 9.88 Å². The number of aromatic nitrogens is 1. The van der Waals surface area contributed by atoms with Crippen molar-refractivity contribution in [1.29, 1.82) is 0 Å². The molecule has 116 valence electrons. The summed E-state index contributed by atoms with van der Waals surface area (Å²) in [4.78, 5) is 19.5. The molecule has 3 rings (SSSR count). The highest BCUT2D eigenvalue weighted by molar-refractivity contribution is 5.99. The van der Waals surface area contributed by atoms with E-state index in [2.05, 4.69) is 32.4 Å². The van der Waals surface area contributed by atoms with Gasteiger partial charge in [0.1, 0.15) is 0 Å². The fourth-order valence-corrected chi connectivity index (χ4v) is 2.62. The van der Waals surface area contributed by atoms with Crippen LogP contribution in [-0.2, 0) is 4.79 Å². The van der Waals surface area contributed by atoms with Gasteiger partial charge in [-0.1, -0.05) is 18.2 Å². The predicted octanol–water partition coefficient (Wildman–Crippen LogP) is 0.865. The highest BCUT2D eigenvalue weighted by Gasteiger charge is 2.15. The van der Waals surface area contributed by atoms with Crippen LogP contribution in [0.5, 0.6) is 0 Å². The van der Waals surface area contributed by atoms with E-state index in [-0.39, 0.29) is 5.91 Å². The van der Waals surface area contributed by atoms with E-state index in [9.17, 15) is 4.79 Å². The molecule has 6 nitrogen and oxygen atoms in total. The molecule has 0 saturated carbocycles. The van der Waals surface area contributed by atoms with Gasteiger partial charge in [-0.25, -0.2) is 5.43 Å². The molecule has 1 saturated heterocycles. The van der Waals surface area contributed by atoms with E-state index in [1.165, 1.54) is 0 Å². The van der Waals surface area contributed by atoms with Gasteiger partial charge in [-0.05, 0) is 13.1 Å². The topological polar surface area (TPSA) is 63.7 Å². The molecule has 1 fully saturated rings. The minimum absolute atomic E-state index is 0.0688. The van der Waals surface area contributed by atoms with E-state index in [0.29, 0.717) is 6.54 Å². The Morgan fingerprint density at radius 3 is 2.91 bits per heavy atom. The number of hydrogen-bond donors (Lipinski definition) is 2. The number of fused-ring (bicyclic) bond motifs is 1. The minimum Gasteiger partial charge on any atom is -0.361 e. The fourth-order valence-electron chi connectivity index (χ4n) is 2.62. The average molecular weight is 299 g/mol. The van der Waals surface area contributed by atoms with Gasteiger partial charge in [0.25, 0.3) is 5.91 Å². The largest absolute Gasteiger partial charge is 0.361 e. The van der Waals surface area contributed by atoms with E-state index in [1.807, 2.05) is 30.5 Å². The number of benzene rings is 1. The number of carbonyl (C=O) groups excluding carboxylic acids is 1. The highest BCUT2D eigenvalue weighted by atomic mass is 16.2. The van der Waals surface area contributed by atoms with Crippen LogP contribution in [0.4, 0.5) is 0 Å². The van der Waals surface area contributed by atoms with Crippen LogP contribution in [0.25, 0.3) is 10.9 Å². The van der Waals surface area contributed by atoms with Crippen LogP contribution in [0.15, 0.2) is 35.6 Å². The van der Waals surface area contributed by atoms with Gasteiger partial charge in [0.15, 0.2) is 0 Å². The molecule has 0 radical (unpaired) electrons. The SMILES string of the molecule is CN1CCN(CC(=O)N/N=C/c2c[nH]c3ccccc23)CC1.